The van der Waals surface area contributed by atoms with Crippen LogP contribution in [0.4, 0.5) is 11.5 Å². The molecule has 18 heavy (non-hydrogen) atoms. The Balaban J connectivity index is 2.02. The number of nitrogens with zero attached hydrogens (tertiary/aromatic N) is 3. The molecule has 0 bridgehead atoms. The van der Waals surface area contributed by atoms with E-state index in [1.165, 1.54) is 0 Å². The van der Waals surface area contributed by atoms with Gasteiger partial charge in [-0.3, -0.25) is 4.98 Å². The minimum Gasteiger partial charge on any atom is -0.337 e. The number of halogens is 1. The van der Waals surface area contributed by atoms with Crippen LogP contribution in [0.15, 0.2) is 48.7 Å². The Morgan fingerprint density at radius 2 is 1.83 bits per heavy atom. The van der Waals surface area contributed by atoms with Crippen LogP contribution in [0.2, 0.25) is 5.15 Å². The topological polar surface area (TPSA) is 50.7 Å². The number of pyridine rings is 1. The molecule has 0 saturated carbocycles. The highest BCUT2D eigenvalue weighted by molar-refractivity contribution is 6.29. The van der Waals surface area contributed by atoms with Gasteiger partial charge in [-0.25, -0.2) is 0 Å². The predicted octanol–water partition coefficient (Wildman–Crippen LogP) is 3.42. The van der Waals surface area contributed by atoms with Crippen molar-refractivity contribution in [3.8, 4) is 0 Å². The van der Waals surface area contributed by atoms with Gasteiger partial charge in [0.15, 0.2) is 11.0 Å². The number of fused-ring (bicyclic) bond motifs is 1. The highest BCUT2D eigenvalue weighted by atomic mass is 35.5. The largest absolute Gasteiger partial charge is 0.337 e. The molecule has 0 amide bonds. The molecule has 0 aliphatic rings. The number of anilines is 2. The molecule has 5 heteroatoms. The molecule has 2 heterocycles. The van der Waals surface area contributed by atoms with Crippen LogP contribution >= 0.6 is 11.6 Å². The molecule has 0 spiro atoms. The summed E-state index contributed by atoms with van der Waals surface area (Å²) in [5, 5.41) is 12.4. The molecule has 1 N–H and O–H groups in total. The first-order chi connectivity index (χ1) is 8.83. The van der Waals surface area contributed by atoms with E-state index in [0.717, 1.165) is 16.6 Å². The maximum absolute atomic E-state index is 5.70. The Bertz CT molecular complexity index is 677. The first-order valence-electron chi connectivity index (χ1n) is 5.43. The van der Waals surface area contributed by atoms with Crippen molar-refractivity contribution in [2.24, 2.45) is 0 Å². The van der Waals surface area contributed by atoms with Crippen molar-refractivity contribution >= 4 is 34.0 Å². The number of rotatable bonds is 2. The van der Waals surface area contributed by atoms with Crippen LogP contribution in [-0.4, -0.2) is 15.2 Å². The third-order valence-electron chi connectivity index (χ3n) is 2.53. The second kappa shape index (κ2) is 4.58. The Labute approximate surface area is 109 Å². The number of hydrogen-bond acceptors (Lipinski definition) is 4. The van der Waals surface area contributed by atoms with E-state index in [0.29, 0.717) is 11.0 Å². The number of aromatic nitrogens is 3. The monoisotopic (exact) mass is 256 g/mol. The molecule has 2 aromatic heterocycles. The lowest BCUT2D eigenvalue weighted by molar-refractivity contribution is 1.04. The van der Waals surface area contributed by atoms with Crippen LogP contribution in [0.3, 0.4) is 0 Å². The first-order valence-corrected chi connectivity index (χ1v) is 5.81. The first kappa shape index (κ1) is 10.9. The minimum absolute atomic E-state index is 0.372. The van der Waals surface area contributed by atoms with Gasteiger partial charge in [0.05, 0.1) is 11.2 Å². The standard InChI is InChI=1S/C13H9ClN4/c14-11-6-7-12(18-17-11)16-10-5-1-3-9-4-2-8-15-13(9)10/h1-8H,(H,16,18). The fraction of sp³-hybridized carbons (Fsp3) is 0. The smallest absolute Gasteiger partial charge is 0.153 e. The molecule has 0 unspecified atom stereocenters. The van der Waals surface area contributed by atoms with E-state index in [9.17, 15) is 0 Å². The van der Waals surface area contributed by atoms with Gasteiger partial charge in [0.2, 0.25) is 0 Å². The summed E-state index contributed by atoms with van der Waals surface area (Å²) in [6.45, 7) is 0. The second-order valence-electron chi connectivity index (χ2n) is 3.75. The molecule has 3 rings (SSSR count). The summed E-state index contributed by atoms with van der Waals surface area (Å²) in [6.07, 6.45) is 1.76. The van der Waals surface area contributed by atoms with Crippen molar-refractivity contribution in [2.75, 3.05) is 5.32 Å². The third kappa shape index (κ3) is 2.10. The number of para-hydroxylation sites is 1. The molecule has 88 valence electrons. The average molecular weight is 257 g/mol. The zero-order chi connectivity index (χ0) is 12.4. The van der Waals surface area contributed by atoms with Gasteiger partial charge in [-0.15, -0.1) is 10.2 Å². The Morgan fingerprint density at radius 1 is 0.944 bits per heavy atom. The van der Waals surface area contributed by atoms with Crippen LogP contribution in [-0.2, 0) is 0 Å². The Morgan fingerprint density at radius 3 is 2.67 bits per heavy atom. The van der Waals surface area contributed by atoms with Gasteiger partial charge >= 0.3 is 0 Å². The van der Waals surface area contributed by atoms with Crippen molar-refractivity contribution in [2.45, 2.75) is 0 Å². The van der Waals surface area contributed by atoms with Crippen molar-refractivity contribution in [3.63, 3.8) is 0 Å². The van der Waals surface area contributed by atoms with E-state index < -0.39 is 0 Å². The van der Waals surface area contributed by atoms with Gasteiger partial charge in [-0.05, 0) is 24.3 Å². The molecule has 0 radical (unpaired) electrons. The maximum Gasteiger partial charge on any atom is 0.153 e. The molecule has 0 atom stereocenters. The molecule has 1 aromatic carbocycles. The zero-order valence-corrected chi connectivity index (χ0v) is 10.1. The highest BCUT2D eigenvalue weighted by Crippen LogP contribution is 2.23. The van der Waals surface area contributed by atoms with Crippen LogP contribution in [0.1, 0.15) is 0 Å². The van der Waals surface area contributed by atoms with E-state index in [-0.39, 0.29) is 0 Å². The fourth-order valence-electron chi connectivity index (χ4n) is 1.73. The average Bonchev–Trinajstić information content (AvgIpc) is 2.42. The summed E-state index contributed by atoms with van der Waals surface area (Å²) in [7, 11) is 0. The molecule has 3 aromatic rings. The van der Waals surface area contributed by atoms with Crippen LogP contribution in [0.25, 0.3) is 10.9 Å². The molecular formula is C13H9ClN4. The van der Waals surface area contributed by atoms with Gasteiger partial charge in [-0.2, -0.15) is 0 Å². The highest BCUT2D eigenvalue weighted by Gasteiger charge is 2.02. The quantitative estimate of drug-likeness (QED) is 0.763. The van der Waals surface area contributed by atoms with Crippen molar-refractivity contribution in [3.05, 3.63) is 53.8 Å². The molecule has 0 aliphatic heterocycles. The van der Waals surface area contributed by atoms with Crippen molar-refractivity contribution in [1.29, 1.82) is 0 Å². The second-order valence-corrected chi connectivity index (χ2v) is 4.13. The maximum atomic E-state index is 5.70. The molecule has 0 aliphatic carbocycles. The van der Waals surface area contributed by atoms with E-state index in [4.69, 9.17) is 11.6 Å². The molecule has 0 saturated heterocycles. The van der Waals surface area contributed by atoms with Gasteiger partial charge in [0, 0.05) is 11.6 Å². The normalized spacial score (nSPS) is 10.5. The summed E-state index contributed by atoms with van der Waals surface area (Å²) in [5.74, 6) is 0.637. The van der Waals surface area contributed by atoms with Gasteiger partial charge in [-0.1, -0.05) is 29.8 Å². The van der Waals surface area contributed by atoms with Gasteiger partial charge in [0.25, 0.3) is 0 Å². The summed E-state index contributed by atoms with van der Waals surface area (Å²) in [5.41, 5.74) is 1.79. The van der Waals surface area contributed by atoms with Crippen LogP contribution in [0, 0.1) is 0 Å². The Hall–Kier alpha value is -2.20. The SMILES string of the molecule is Clc1ccc(Nc2cccc3cccnc23)nn1. The fourth-order valence-corrected chi connectivity index (χ4v) is 1.83. The Kier molecular flexibility index (Phi) is 2.78. The number of nitrogens with one attached hydrogen (secondary N) is 1. The zero-order valence-electron chi connectivity index (χ0n) is 9.34. The number of benzene rings is 1. The lowest BCUT2D eigenvalue weighted by Gasteiger charge is -2.07. The van der Waals surface area contributed by atoms with Crippen molar-refractivity contribution in [1.82, 2.24) is 15.2 Å². The van der Waals surface area contributed by atoms with Crippen molar-refractivity contribution < 1.29 is 0 Å². The summed E-state index contributed by atoms with van der Waals surface area (Å²) in [4.78, 5) is 4.36. The third-order valence-corrected chi connectivity index (χ3v) is 2.73. The van der Waals surface area contributed by atoms with E-state index in [1.54, 1.807) is 18.3 Å². The molecule has 0 fully saturated rings. The molecule has 4 nitrogen and oxygen atoms in total. The number of hydrogen-bond donors (Lipinski definition) is 1. The summed E-state index contributed by atoms with van der Waals surface area (Å²) in [6, 6.07) is 13.3. The molecular weight excluding hydrogens is 248 g/mol. The van der Waals surface area contributed by atoms with Gasteiger partial charge < -0.3 is 5.32 Å². The van der Waals surface area contributed by atoms with Crippen LogP contribution in [0.5, 0.6) is 0 Å². The van der Waals surface area contributed by atoms with E-state index in [2.05, 4.69) is 20.5 Å². The summed E-state index contributed by atoms with van der Waals surface area (Å²) >= 11 is 5.70. The predicted molar refractivity (Wildman–Crippen MR) is 72.1 cm³/mol. The summed E-state index contributed by atoms with van der Waals surface area (Å²) < 4.78 is 0. The van der Waals surface area contributed by atoms with E-state index >= 15 is 0 Å². The minimum atomic E-state index is 0.372. The lowest BCUT2D eigenvalue weighted by Crippen LogP contribution is -1.96. The van der Waals surface area contributed by atoms with Crippen LogP contribution < -0.4 is 5.32 Å². The van der Waals surface area contributed by atoms with E-state index in [1.807, 2.05) is 30.3 Å². The van der Waals surface area contributed by atoms with Gasteiger partial charge in [0.1, 0.15) is 0 Å². The lowest BCUT2D eigenvalue weighted by atomic mass is 10.2.